The smallest absolute Gasteiger partial charge is 0.254 e. The van der Waals surface area contributed by atoms with Crippen LogP contribution in [0.25, 0.3) is 0 Å². The van der Waals surface area contributed by atoms with E-state index in [4.69, 9.17) is 0 Å². The highest BCUT2D eigenvalue weighted by atomic mass is 32.2. The standard InChI is InChI=1S/C24H30FN3O4S/c1-3-27(17-23(29)26-16-19-7-11-21(25)12-8-19)24(30)20-9-13-22(14-10-20)33(31,32)28-15-5-4-6-18(28)2/h7-14,18H,3-6,15-17H2,1-2H3,(H,26,29). The first kappa shape index (κ1) is 24.9. The van der Waals surface area contributed by atoms with Crippen molar-refractivity contribution in [1.29, 1.82) is 0 Å². The largest absolute Gasteiger partial charge is 0.350 e. The molecule has 1 N–H and O–H groups in total. The van der Waals surface area contributed by atoms with Gasteiger partial charge in [0.25, 0.3) is 5.91 Å². The molecule has 1 aliphatic heterocycles. The molecule has 1 fully saturated rings. The van der Waals surface area contributed by atoms with Gasteiger partial charge >= 0.3 is 0 Å². The molecule has 1 atom stereocenters. The number of carbonyl (C=O) groups excluding carboxylic acids is 2. The number of piperidine rings is 1. The van der Waals surface area contributed by atoms with Crippen LogP contribution in [-0.4, -0.2) is 55.1 Å². The lowest BCUT2D eigenvalue weighted by Crippen LogP contribution is -2.42. The molecule has 2 aromatic rings. The van der Waals surface area contributed by atoms with E-state index in [1.165, 1.54) is 45.6 Å². The highest BCUT2D eigenvalue weighted by Crippen LogP contribution is 2.25. The minimum absolute atomic E-state index is 0.0472. The van der Waals surface area contributed by atoms with Gasteiger partial charge in [0.05, 0.1) is 11.4 Å². The van der Waals surface area contributed by atoms with Crippen LogP contribution in [0, 0.1) is 5.82 Å². The van der Waals surface area contributed by atoms with Crippen LogP contribution in [0.3, 0.4) is 0 Å². The molecule has 1 unspecified atom stereocenters. The predicted molar refractivity (Wildman–Crippen MR) is 123 cm³/mol. The Morgan fingerprint density at radius 3 is 2.36 bits per heavy atom. The molecular weight excluding hydrogens is 445 g/mol. The summed E-state index contributed by atoms with van der Waals surface area (Å²) in [5, 5.41) is 2.72. The molecule has 9 heteroatoms. The van der Waals surface area contributed by atoms with Gasteiger partial charge in [-0.2, -0.15) is 4.31 Å². The van der Waals surface area contributed by atoms with Crippen LogP contribution in [0.2, 0.25) is 0 Å². The van der Waals surface area contributed by atoms with Gasteiger partial charge in [0.15, 0.2) is 0 Å². The molecular formula is C24H30FN3O4S. The zero-order valence-electron chi connectivity index (χ0n) is 19.0. The average molecular weight is 476 g/mol. The van der Waals surface area contributed by atoms with Crippen LogP contribution >= 0.6 is 0 Å². The number of carbonyl (C=O) groups is 2. The van der Waals surface area contributed by atoms with Crippen molar-refractivity contribution in [3.63, 3.8) is 0 Å². The molecule has 33 heavy (non-hydrogen) atoms. The Labute approximate surface area is 194 Å². The Bertz CT molecular complexity index is 1070. The lowest BCUT2D eigenvalue weighted by molar-refractivity contribution is -0.121. The van der Waals surface area contributed by atoms with Crippen molar-refractivity contribution >= 4 is 21.8 Å². The summed E-state index contributed by atoms with van der Waals surface area (Å²) < 4.78 is 40.5. The molecule has 1 heterocycles. The number of hydrogen-bond acceptors (Lipinski definition) is 4. The normalized spacial score (nSPS) is 16.9. The second kappa shape index (κ2) is 10.9. The highest BCUT2D eigenvalue weighted by molar-refractivity contribution is 7.89. The zero-order chi connectivity index (χ0) is 24.0. The lowest BCUT2D eigenvalue weighted by atomic mass is 10.1. The first-order valence-corrected chi connectivity index (χ1v) is 12.6. The van der Waals surface area contributed by atoms with E-state index in [2.05, 4.69) is 5.32 Å². The molecule has 0 spiro atoms. The van der Waals surface area contributed by atoms with Crippen LogP contribution in [0.1, 0.15) is 49.0 Å². The minimum atomic E-state index is -3.61. The van der Waals surface area contributed by atoms with Gasteiger partial charge in [-0.05, 0) is 68.7 Å². The Kier molecular flexibility index (Phi) is 8.20. The van der Waals surface area contributed by atoms with E-state index in [1.807, 2.05) is 6.92 Å². The summed E-state index contributed by atoms with van der Waals surface area (Å²) in [6.45, 7) is 4.58. The van der Waals surface area contributed by atoms with Crippen molar-refractivity contribution in [1.82, 2.24) is 14.5 Å². The molecule has 0 saturated carbocycles. The van der Waals surface area contributed by atoms with Gasteiger partial charge in [-0.1, -0.05) is 18.6 Å². The molecule has 2 aromatic carbocycles. The molecule has 2 amide bonds. The topological polar surface area (TPSA) is 86.8 Å². The number of amides is 2. The van der Waals surface area contributed by atoms with E-state index in [0.29, 0.717) is 18.7 Å². The number of likely N-dealkylation sites (N-methyl/N-ethyl adjacent to an activating group) is 1. The van der Waals surface area contributed by atoms with Gasteiger partial charge < -0.3 is 10.2 Å². The van der Waals surface area contributed by atoms with Crippen molar-refractivity contribution in [3.8, 4) is 0 Å². The molecule has 3 rings (SSSR count). The molecule has 0 aromatic heterocycles. The number of nitrogens with one attached hydrogen (secondary N) is 1. The molecule has 178 valence electrons. The van der Waals surface area contributed by atoms with Gasteiger partial charge in [-0.25, -0.2) is 12.8 Å². The third-order valence-corrected chi connectivity index (χ3v) is 7.88. The van der Waals surface area contributed by atoms with Gasteiger partial charge in [0.1, 0.15) is 5.82 Å². The number of sulfonamides is 1. The molecule has 1 aliphatic rings. The van der Waals surface area contributed by atoms with Crippen LogP contribution in [0.5, 0.6) is 0 Å². The number of benzene rings is 2. The van der Waals surface area contributed by atoms with E-state index in [1.54, 1.807) is 19.1 Å². The molecule has 0 radical (unpaired) electrons. The average Bonchev–Trinajstić information content (AvgIpc) is 2.82. The van der Waals surface area contributed by atoms with E-state index >= 15 is 0 Å². The Balaban J connectivity index is 1.62. The Morgan fingerprint density at radius 2 is 1.76 bits per heavy atom. The third-order valence-electron chi connectivity index (χ3n) is 5.86. The number of halogens is 1. The van der Waals surface area contributed by atoms with Gasteiger partial charge in [-0.3, -0.25) is 9.59 Å². The molecule has 0 aliphatic carbocycles. The maximum atomic E-state index is 13.0. The quantitative estimate of drug-likeness (QED) is 0.635. The first-order valence-electron chi connectivity index (χ1n) is 11.1. The minimum Gasteiger partial charge on any atom is -0.350 e. The summed E-state index contributed by atoms with van der Waals surface area (Å²) in [6, 6.07) is 11.6. The van der Waals surface area contributed by atoms with Gasteiger partial charge in [0.2, 0.25) is 15.9 Å². The third kappa shape index (κ3) is 6.17. The van der Waals surface area contributed by atoms with Gasteiger partial charge in [-0.15, -0.1) is 0 Å². The summed E-state index contributed by atoms with van der Waals surface area (Å²) in [5.41, 5.74) is 1.06. The van der Waals surface area contributed by atoms with Crippen LogP contribution < -0.4 is 5.32 Å². The predicted octanol–water partition coefficient (Wildman–Crippen LogP) is 3.17. The SMILES string of the molecule is CCN(CC(=O)NCc1ccc(F)cc1)C(=O)c1ccc(S(=O)(=O)N2CCCCC2C)cc1. The Hall–Kier alpha value is -2.78. The summed E-state index contributed by atoms with van der Waals surface area (Å²) >= 11 is 0. The number of rotatable bonds is 8. The molecule has 7 nitrogen and oxygen atoms in total. The molecule has 1 saturated heterocycles. The van der Waals surface area contributed by atoms with Crippen LogP contribution in [0.15, 0.2) is 53.4 Å². The zero-order valence-corrected chi connectivity index (χ0v) is 19.8. The van der Waals surface area contributed by atoms with E-state index < -0.39 is 10.0 Å². The van der Waals surface area contributed by atoms with E-state index in [0.717, 1.165) is 24.8 Å². The van der Waals surface area contributed by atoms with E-state index in [9.17, 15) is 22.4 Å². The van der Waals surface area contributed by atoms with Crippen molar-refractivity contribution in [2.45, 2.75) is 50.6 Å². The molecule has 0 bridgehead atoms. The highest BCUT2D eigenvalue weighted by Gasteiger charge is 2.31. The fraction of sp³-hybridized carbons (Fsp3) is 0.417. The van der Waals surface area contributed by atoms with Crippen LogP contribution in [0.4, 0.5) is 4.39 Å². The number of hydrogen-bond donors (Lipinski definition) is 1. The van der Waals surface area contributed by atoms with Crippen LogP contribution in [-0.2, 0) is 21.4 Å². The maximum Gasteiger partial charge on any atom is 0.254 e. The fourth-order valence-corrected chi connectivity index (χ4v) is 5.58. The number of nitrogens with zero attached hydrogens (tertiary/aromatic N) is 2. The monoisotopic (exact) mass is 475 g/mol. The van der Waals surface area contributed by atoms with Crippen molar-refractivity contribution in [2.75, 3.05) is 19.6 Å². The Morgan fingerprint density at radius 1 is 1.09 bits per heavy atom. The lowest BCUT2D eigenvalue weighted by Gasteiger charge is -2.32. The van der Waals surface area contributed by atoms with Crippen molar-refractivity contribution < 1.29 is 22.4 Å². The maximum absolute atomic E-state index is 13.0. The first-order chi connectivity index (χ1) is 15.7. The van der Waals surface area contributed by atoms with E-state index in [-0.39, 0.29) is 41.7 Å². The summed E-state index contributed by atoms with van der Waals surface area (Å²) in [7, 11) is -3.61. The van der Waals surface area contributed by atoms with Crippen molar-refractivity contribution in [2.24, 2.45) is 0 Å². The van der Waals surface area contributed by atoms with Gasteiger partial charge in [0, 0.05) is 31.2 Å². The second-order valence-corrected chi connectivity index (χ2v) is 10.1. The summed E-state index contributed by atoms with van der Waals surface area (Å²) in [5.74, 6) is -1.05. The second-order valence-electron chi connectivity index (χ2n) is 8.21. The summed E-state index contributed by atoms with van der Waals surface area (Å²) in [6.07, 6.45) is 2.70. The fourth-order valence-electron chi connectivity index (χ4n) is 3.88. The summed E-state index contributed by atoms with van der Waals surface area (Å²) in [4.78, 5) is 26.7. The van der Waals surface area contributed by atoms with Crippen molar-refractivity contribution in [3.05, 3.63) is 65.5 Å².